The predicted molar refractivity (Wildman–Crippen MR) is 60.8 cm³/mol. The van der Waals surface area contributed by atoms with Gasteiger partial charge in [0.25, 0.3) is 0 Å². The molecule has 2 aliphatic rings. The maximum absolute atomic E-state index is 14.2. The topological polar surface area (TPSA) is 106 Å². The van der Waals surface area contributed by atoms with Crippen LogP contribution in [0, 0.1) is 6.08 Å². The Hall–Kier alpha value is -1.84. The Balaban J connectivity index is 1.81. The van der Waals surface area contributed by atoms with Crippen LogP contribution in [0.25, 0.3) is 5.52 Å². The van der Waals surface area contributed by atoms with Gasteiger partial charge in [0.15, 0.2) is 17.6 Å². The zero-order chi connectivity index (χ0) is 14.2. The van der Waals surface area contributed by atoms with Crippen molar-refractivity contribution in [2.45, 2.75) is 30.1 Å². The molecule has 20 heavy (non-hydrogen) atoms. The first-order chi connectivity index (χ1) is 9.44. The molecule has 0 bridgehead atoms. The normalized spacial score (nSPS) is 39.2. The van der Waals surface area contributed by atoms with Crippen LogP contribution in [0.5, 0.6) is 0 Å². The molecule has 5 unspecified atom stereocenters. The first kappa shape index (κ1) is 11.9. The lowest BCUT2D eigenvalue weighted by Gasteiger charge is -2.18. The smallest absolute Gasteiger partial charge is 0.327 e. The second-order valence-corrected chi connectivity index (χ2v) is 5.03. The first-order valence-electron chi connectivity index (χ1n) is 5.95. The van der Waals surface area contributed by atoms with E-state index in [1.807, 2.05) is 0 Å². The summed E-state index contributed by atoms with van der Waals surface area (Å²) in [6, 6.07) is 2.97. The van der Waals surface area contributed by atoms with Crippen LogP contribution in [-0.2, 0) is 4.74 Å². The maximum atomic E-state index is 14.2. The minimum absolute atomic E-state index is 0.0824. The zero-order valence-electron chi connectivity index (χ0n) is 9.94. The molecule has 2 fully saturated rings. The number of aliphatic hydroxyl groups is 2. The lowest BCUT2D eigenvalue weighted by molar-refractivity contribution is -0.0320. The Morgan fingerprint density at radius 2 is 2.20 bits per heavy atom. The summed E-state index contributed by atoms with van der Waals surface area (Å²) < 4.78 is 33.8. The summed E-state index contributed by atoms with van der Waals surface area (Å²) in [6.07, 6.45) is -6.25. The van der Waals surface area contributed by atoms with Gasteiger partial charge in [-0.2, -0.15) is 9.37 Å². The van der Waals surface area contributed by atoms with Crippen molar-refractivity contribution in [3.63, 3.8) is 0 Å². The van der Waals surface area contributed by atoms with Crippen molar-refractivity contribution >= 4 is 11.3 Å². The van der Waals surface area contributed by atoms with E-state index in [1.54, 1.807) is 0 Å². The number of nitrogen functional groups attached to an aromatic ring is 1. The van der Waals surface area contributed by atoms with Crippen molar-refractivity contribution in [3.05, 3.63) is 23.9 Å². The standard InChI is InChI=1S/C11H10F2N4O3/c12-6-5(20-8-7(18)11(6,8)19)3-1-2-4-9(14)15-10(13)16-17(3)4/h1-2,5-8,18-19H,(H2,14,15,16). The second kappa shape index (κ2) is 3.43. The van der Waals surface area contributed by atoms with E-state index in [-0.39, 0.29) is 11.5 Å². The van der Waals surface area contributed by atoms with Crippen molar-refractivity contribution in [2.75, 3.05) is 5.73 Å². The molecule has 2 aromatic rings. The summed E-state index contributed by atoms with van der Waals surface area (Å²) in [7, 11) is 0. The molecule has 2 aromatic heterocycles. The molecule has 1 saturated heterocycles. The predicted octanol–water partition coefficient (Wildman–Crippen LogP) is -0.666. The van der Waals surface area contributed by atoms with Gasteiger partial charge >= 0.3 is 6.08 Å². The molecule has 0 amide bonds. The third kappa shape index (κ3) is 1.22. The molecular formula is C11H10F2N4O3. The zero-order valence-corrected chi connectivity index (χ0v) is 9.94. The number of alkyl halides is 1. The third-order valence-electron chi connectivity index (χ3n) is 3.94. The minimum atomic E-state index is -1.90. The molecule has 4 rings (SSSR count). The summed E-state index contributed by atoms with van der Waals surface area (Å²) in [6.45, 7) is 0. The third-order valence-corrected chi connectivity index (χ3v) is 3.94. The lowest BCUT2D eigenvalue weighted by Crippen LogP contribution is -2.31. The van der Waals surface area contributed by atoms with Crippen LogP contribution in [0.15, 0.2) is 12.1 Å². The van der Waals surface area contributed by atoms with Gasteiger partial charge in [-0.3, -0.25) is 0 Å². The molecule has 1 aliphatic heterocycles. The molecular weight excluding hydrogens is 274 g/mol. The van der Waals surface area contributed by atoms with Gasteiger partial charge in [0, 0.05) is 0 Å². The SMILES string of the molecule is Nc1nc(F)nn2c(C3OC4C(O)C4(O)C3F)ccc12. The van der Waals surface area contributed by atoms with E-state index in [9.17, 15) is 19.0 Å². The Morgan fingerprint density at radius 1 is 1.45 bits per heavy atom. The highest BCUT2D eigenvalue weighted by Gasteiger charge is 2.77. The van der Waals surface area contributed by atoms with E-state index in [0.29, 0.717) is 5.52 Å². The molecule has 1 saturated carbocycles. The molecule has 3 heterocycles. The molecule has 9 heteroatoms. The van der Waals surface area contributed by atoms with Crippen LogP contribution in [0.1, 0.15) is 11.8 Å². The molecule has 4 N–H and O–H groups in total. The van der Waals surface area contributed by atoms with Crippen LogP contribution in [-0.4, -0.2) is 48.8 Å². The lowest BCUT2D eigenvalue weighted by atomic mass is 10.1. The Labute approximate surface area is 110 Å². The number of ether oxygens (including phenoxy) is 1. The van der Waals surface area contributed by atoms with E-state index in [4.69, 9.17) is 10.5 Å². The minimum Gasteiger partial charge on any atom is -0.387 e. The number of nitrogens with zero attached hydrogens (tertiary/aromatic N) is 3. The highest BCUT2D eigenvalue weighted by atomic mass is 19.1. The number of aromatic nitrogens is 3. The van der Waals surface area contributed by atoms with Gasteiger partial charge in [-0.25, -0.2) is 8.91 Å². The number of hydrogen-bond donors (Lipinski definition) is 3. The van der Waals surface area contributed by atoms with Crippen LogP contribution in [0.4, 0.5) is 14.6 Å². The molecule has 0 aromatic carbocycles. The van der Waals surface area contributed by atoms with E-state index in [1.165, 1.54) is 12.1 Å². The van der Waals surface area contributed by atoms with Gasteiger partial charge in [0.05, 0.1) is 5.69 Å². The first-order valence-corrected chi connectivity index (χ1v) is 5.95. The van der Waals surface area contributed by atoms with Crippen LogP contribution >= 0.6 is 0 Å². The summed E-state index contributed by atoms with van der Waals surface area (Å²) in [5, 5.41) is 22.8. The summed E-state index contributed by atoms with van der Waals surface area (Å²) in [5.41, 5.74) is 4.17. The van der Waals surface area contributed by atoms with Gasteiger partial charge in [-0.15, -0.1) is 5.10 Å². The van der Waals surface area contributed by atoms with Crippen molar-refractivity contribution < 1.29 is 23.7 Å². The number of rotatable bonds is 1. The monoisotopic (exact) mass is 284 g/mol. The molecule has 1 aliphatic carbocycles. The summed E-state index contributed by atoms with van der Waals surface area (Å²) in [5.74, 6) is -0.0824. The quantitative estimate of drug-likeness (QED) is 0.641. The largest absolute Gasteiger partial charge is 0.387 e. The number of anilines is 1. The van der Waals surface area contributed by atoms with E-state index in [2.05, 4.69) is 10.1 Å². The number of aliphatic hydroxyl groups excluding tert-OH is 1. The van der Waals surface area contributed by atoms with E-state index in [0.717, 1.165) is 4.52 Å². The van der Waals surface area contributed by atoms with Crippen LogP contribution in [0.2, 0.25) is 0 Å². The molecule has 7 nitrogen and oxygen atoms in total. The molecule has 0 radical (unpaired) electrons. The number of nitrogens with two attached hydrogens (primary N) is 1. The Bertz CT molecular complexity index is 723. The van der Waals surface area contributed by atoms with Gasteiger partial charge < -0.3 is 20.7 Å². The maximum Gasteiger partial charge on any atom is 0.327 e. The van der Waals surface area contributed by atoms with Crippen LogP contribution in [0.3, 0.4) is 0 Å². The number of halogens is 2. The summed E-state index contributed by atoms with van der Waals surface area (Å²) >= 11 is 0. The highest BCUT2D eigenvalue weighted by molar-refractivity contribution is 5.65. The average molecular weight is 284 g/mol. The average Bonchev–Trinajstić information content (AvgIpc) is 2.74. The van der Waals surface area contributed by atoms with Crippen molar-refractivity contribution in [1.82, 2.24) is 14.6 Å². The Kier molecular flexibility index (Phi) is 2.05. The molecule has 5 atom stereocenters. The van der Waals surface area contributed by atoms with Crippen molar-refractivity contribution in [1.29, 1.82) is 0 Å². The fourth-order valence-electron chi connectivity index (χ4n) is 2.76. The fraction of sp³-hybridized carbons (Fsp3) is 0.455. The summed E-state index contributed by atoms with van der Waals surface area (Å²) in [4.78, 5) is 3.37. The number of fused-ring (bicyclic) bond motifs is 2. The highest BCUT2D eigenvalue weighted by Crippen LogP contribution is 2.56. The van der Waals surface area contributed by atoms with Gasteiger partial charge in [0.2, 0.25) is 0 Å². The van der Waals surface area contributed by atoms with Gasteiger partial charge in [0.1, 0.15) is 23.8 Å². The van der Waals surface area contributed by atoms with Crippen LogP contribution < -0.4 is 5.73 Å². The molecule has 106 valence electrons. The second-order valence-electron chi connectivity index (χ2n) is 5.03. The van der Waals surface area contributed by atoms with E-state index >= 15 is 0 Å². The van der Waals surface area contributed by atoms with Crippen molar-refractivity contribution in [3.8, 4) is 0 Å². The Morgan fingerprint density at radius 3 is 2.85 bits per heavy atom. The van der Waals surface area contributed by atoms with Gasteiger partial charge in [-0.05, 0) is 12.1 Å². The number of hydrogen-bond acceptors (Lipinski definition) is 6. The van der Waals surface area contributed by atoms with E-state index < -0.39 is 36.2 Å². The van der Waals surface area contributed by atoms with Crippen molar-refractivity contribution in [2.24, 2.45) is 0 Å². The fourth-order valence-corrected chi connectivity index (χ4v) is 2.76. The van der Waals surface area contributed by atoms with Gasteiger partial charge in [-0.1, -0.05) is 0 Å². The molecule has 0 spiro atoms.